The lowest BCUT2D eigenvalue weighted by molar-refractivity contribution is 0.173. The van der Waals surface area contributed by atoms with Gasteiger partial charge in [0.05, 0.1) is 5.69 Å². The quantitative estimate of drug-likeness (QED) is 0.708. The van der Waals surface area contributed by atoms with Gasteiger partial charge in [-0.3, -0.25) is 4.98 Å². The number of fused-ring (bicyclic) bond motifs is 2. The monoisotopic (exact) mass is 263 g/mol. The van der Waals surface area contributed by atoms with Crippen LogP contribution in [0.25, 0.3) is 10.8 Å². The van der Waals surface area contributed by atoms with Crippen molar-refractivity contribution in [2.75, 3.05) is 6.79 Å². The third kappa shape index (κ3) is 1.79. The molecule has 1 aliphatic heterocycles. The van der Waals surface area contributed by atoms with Crippen LogP contribution in [0.5, 0.6) is 11.5 Å². The molecule has 0 radical (unpaired) electrons. The molecule has 0 spiro atoms. The summed E-state index contributed by atoms with van der Waals surface area (Å²) in [6.07, 6.45) is 2.60. The van der Waals surface area contributed by atoms with Gasteiger partial charge in [-0.15, -0.1) is 0 Å². The highest BCUT2D eigenvalue weighted by molar-refractivity contribution is 5.84. The summed E-state index contributed by atoms with van der Waals surface area (Å²) in [7, 11) is 0. The molecule has 0 fully saturated rings. The normalized spacial score (nSPS) is 12.8. The molecular weight excluding hydrogens is 250 g/mol. The minimum atomic E-state index is 0.301. The molecule has 0 amide bonds. The standard InChI is InChI=1S/C17H13NO2/c1-2-6-14-12(4-1)8-9-18-15(14)10-13-5-3-7-16-17(13)20-11-19-16/h1-9H,10-11H2. The second-order valence-corrected chi connectivity index (χ2v) is 4.81. The van der Waals surface area contributed by atoms with E-state index in [0.29, 0.717) is 6.79 Å². The van der Waals surface area contributed by atoms with E-state index in [1.165, 1.54) is 10.8 Å². The summed E-state index contributed by atoms with van der Waals surface area (Å²) in [5, 5.41) is 2.40. The van der Waals surface area contributed by atoms with Gasteiger partial charge < -0.3 is 9.47 Å². The number of aromatic nitrogens is 1. The Hall–Kier alpha value is -2.55. The van der Waals surface area contributed by atoms with E-state index in [1.54, 1.807) is 0 Å². The van der Waals surface area contributed by atoms with Crippen LogP contribution in [-0.4, -0.2) is 11.8 Å². The lowest BCUT2D eigenvalue weighted by Gasteiger charge is -2.08. The molecule has 3 heteroatoms. The Morgan fingerprint density at radius 3 is 2.90 bits per heavy atom. The van der Waals surface area contributed by atoms with E-state index >= 15 is 0 Å². The molecule has 0 saturated heterocycles. The molecule has 0 bridgehead atoms. The minimum Gasteiger partial charge on any atom is -0.454 e. The maximum atomic E-state index is 5.56. The van der Waals surface area contributed by atoms with Crippen LogP contribution in [0.3, 0.4) is 0 Å². The number of hydrogen-bond donors (Lipinski definition) is 0. The van der Waals surface area contributed by atoms with Crippen LogP contribution in [0.2, 0.25) is 0 Å². The average Bonchev–Trinajstić information content (AvgIpc) is 2.97. The Labute approximate surface area is 116 Å². The first-order valence-corrected chi connectivity index (χ1v) is 6.62. The van der Waals surface area contributed by atoms with Crippen LogP contribution < -0.4 is 9.47 Å². The molecule has 4 rings (SSSR count). The molecule has 0 aliphatic carbocycles. The maximum absolute atomic E-state index is 5.56. The fourth-order valence-electron chi connectivity index (χ4n) is 2.63. The van der Waals surface area contributed by atoms with Crippen LogP contribution in [0.15, 0.2) is 54.7 Å². The molecular formula is C17H13NO2. The Bertz CT molecular complexity index is 778. The van der Waals surface area contributed by atoms with Crippen LogP contribution >= 0.6 is 0 Å². The number of ether oxygens (including phenoxy) is 2. The van der Waals surface area contributed by atoms with E-state index < -0.39 is 0 Å². The molecule has 2 heterocycles. The largest absolute Gasteiger partial charge is 0.454 e. The van der Waals surface area contributed by atoms with Gasteiger partial charge in [0, 0.05) is 23.6 Å². The van der Waals surface area contributed by atoms with Crippen LogP contribution in [0, 0.1) is 0 Å². The number of rotatable bonds is 2. The molecule has 0 atom stereocenters. The van der Waals surface area contributed by atoms with Gasteiger partial charge in [0.15, 0.2) is 11.5 Å². The molecule has 0 saturated carbocycles. The summed E-state index contributed by atoms with van der Waals surface area (Å²) in [6, 6.07) is 16.3. The number of pyridine rings is 1. The second kappa shape index (κ2) is 4.53. The fraction of sp³-hybridized carbons (Fsp3) is 0.118. The van der Waals surface area contributed by atoms with E-state index in [2.05, 4.69) is 23.2 Å². The van der Waals surface area contributed by atoms with Gasteiger partial charge in [-0.05, 0) is 17.5 Å². The van der Waals surface area contributed by atoms with Gasteiger partial charge >= 0.3 is 0 Å². The van der Waals surface area contributed by atoms with Crippen molar-refractivity contribution < 1.29 is 9.47 Å². The van der Waals surface area contributed by atoms with Crippen LogP contribution in [0.4, 0.5) is 0 Å². The molecule has 2 aromatic carbocycles. The van der Waals surface area contributed by atoms with Gasteiger partial charge in [-0.1, -0.05) is 36.4 Å². The maximum Gasteiger partial charge on any atom is 0.231 e. The van der Waals surface area contributed by atoms with Gasteiger partial charge in [-0.25, -0.2) is 0 Å². The smallest absolute Gasteiger partial charge is 0.231 e. The highest BCUT2D eigenvalue weighted by Crippen LogP contribution is 2.36. The summed E-state index contributed by atoms with van der Waals surface area (Å²) in [5.41, 5.74) is 2.18. The highest BCUT2D eigenvalue weighted by atomic mass is 16.7. The molecule has 3 nitrogen and oxygen atoms in total. The third-order valence-electron chi connectivity index (χ3n) is 3.59. The van der Waals surface area contributed by atoms with Crippen molar-refractivity contribution in [1.29, 1.82) is 0 Å². The van der Waals surface area contributed by atoms with Crippen LogP contribution in [0.1, 0.15) is 11.3 Å². The Balaban J connectivity index is 1.81. The Kier molecular flexibility index (Phi) is 2.56. The van der Waals surface area contributed by atoms with Crippen molar-refractivity contribution >= 4 is 10.8 Å². The first-order valence-electron chi connectivity index (χ1n) is 6.62. The Morgan fingerprint density at radius 2 is 1.90 bits per heavy atom. The number of hydrogen-bond acceptors (Lipinski definition) is 3. The van der Waals surface area contributed by atoms with Crippen molar-refractivity contribution in [1.82, 2.24) is 4.98 Å². The predicted octanol–water partition coefficient (Wildman–Crippen LogP) is 3.55. The van der Waals surface area contributed by atoms with E-state index in [9.17, 15) is 0 Å². The lowest BCUT2D eigenvalue weighted by Crippen LogP contribution is -1.97. The zero-order chi connectivity index (χ0) is 13.4. The molecule has 20 heavy (non-hydrogen) atoms. The number of nitrogens with zero attached hydrogens (tertiary/aromatic N) is 1. The molecule has 0 unspecified atom stereocenters. The highest BCUT2D eigenvalue weighted by Gasteiger charge is 2.18. The topological polar surface area (TPSA) is 31.4 Å². The summed E-state index contributed by atoms with van der Waals surface area (Å²) < 4.78 is 11.0. The molecule has 1 aromatic heterocycles. The molecule has 0 N–H and O–H groups in total. The first-order chi connectivity index (χ1) is 9.92. The lowest BCUT2D eigenvalue weighted by atomic mass is 10.0. The van der Waals surface area contributed by atoms with Gasteiger partial charge in [0.1, 0.15) is 0 Å². The van der Waals surface area contributed by atoms with E-state index in [1.807, 2.05) is 36.5 Å². The predicted molar refractivity (Wildman–Crippen MR) is 77.1 cm³/mol. The van der Waals surface area contributed by atoms with Crippen molar-refractivity contribution in [2.24, 2.45) is 0 Å². The third-order valence-corrected chi connectivity index (χ3v) is 3.59. The van der Waals surface area contributed by atoms with Crippen molar-refractivity contribution in [3.63, 3.8) is 0 Å². The second-order valence-electron chi connectivity index (χ2n) is 4.81. The van der Waals surface area contributed by atoms with Gasteiger partial charge in [0.25, 0.3) is 0 Å². The Morgan fingerprint density at radius 1 is 0.950 bits per heavy atom. The average molecular weight is 263 g/mol. The zero-order valence-electron chi connectivity index (χ0n) is 10.9. The number of para-hydroxylation sites is 1. The summed E-state index contributed by atoms with van der Waals surface area (Å²) in [4.78, 5) is 4.53. The number of benzene rings is 2. The molecule has 3 aromatic rings. The van der Waals surface area contributed by atoms with Crippen molar-refractivity contribution in [3.8, 4) is 11.5 Å². The van der Waals surface area contributed by atoms with Crippen molar-refractivity contribution in [2.45, 2.75) is 6.42 Å². The molecule has 1 aliphatic rings. The molecule has 98 valence electrons. The SMILES string of the molecule is c1cc(Cc2nccc3ccccc23)c2c(c1)OCO2. The van der Waals surface area contributed by atoms with Crippen LogP contribution in [-0.2, 0) is 6.42 Å². The minimum absolute atomic E-state index is 0.301. The van der Waals surface area contributed by atoms with E-state index in [0.717, 1.165) is 29.2 Å². The first kappa shape index (κ1) is 11.3. The van der Waals surface area contributed by atoms with Crippen molar-refractivity contribution in [3.05, 3.63) is 66.0 Å². The van der Waals surface area contributed by atoms with Gasteiger partial charge in [-0.2, -0.15) is 0 Å². The summed E-state index contributed by atoms with van der Waals surface area (Å²) in [6.45, 7) is 0.301. The summed E-state index contributed by atoms with van der Waals surface area (Å²) >= 11 is 0. The van der Waals surface area contributed by atoms with Gasteiger partial charge in [0.2, 0.25) is 6.79 Å². The van der Waals surface area contributed by atoms with E-state index in [-0.39, 0.29) is 0 Å². The van der Waals surface area contributed by atoms with E-state index in [4.69, 9.17) is 9.47 Å². The zero-order valence-corrected chi connectivity index (χ0v) is 10.9. The fourth-order valence-corrected chi connectivity index (χ4v) is 2.63. The summed E-state index contributed by atoms with van der Waals surface area (Å²) in [5.74, 6) is 1.67.